The van der Waals surface area contributed by atoms with Crippen molar-refractivity contribution in [3.63, 3.8) is 0 Å². The molecule has 0 bridgehead atoms. The predicted molar refractivity (Wildman–Crippen MR) is 113 cm³/mol. The number of aromatic amines is 1. The van der Waals surface area contributed by atoms with Gasteiger partial charge in [0.1, 0.15) is 18.1 Å². The Balaban J connectivity index is 2.77. The molecule has 0 aliphatic heterocycles. The smallest absolute Gasteiger partial charge is 0.326 e. The summed E-state index contributed by atoms with van der Waals surface area (Å²) in [5.74, 6) is -6.32. The summed E-state index contributed by atoms with van der Waals surface area (Å²) in [5, 5.41) is 33.7. The van der Waals surface area contributed by atoms with Crippen molar-refractivity contribution >= 4 is 35.6 Å². The number of nitrogens with two attached hydrogens (primary N) is 1. The molecule has 0 saturated carbocycles. The molecule has 0 aliphatic carbocycles. The van der Waals surface area contributed by atoms with Crippen LogP contribution in [0.5, 0.6) is 0 Å². The molecule has 1 heterocycles. The van der Waals surface area contributed by atoms with Crippen molar-refractivity contribution in [3.05, 3.63) is 18.2 Å². The van der Waals surface area contributed by atoms with E-state index in [1.165, 1.54) is 19.4 Å². The Bertz CT molecular complexity index is 889. The number of H-pyrrole nitrogens is 1. The lowest BCUT2D eigenvalue weighted by molar-refractivity contribution is -0.142. The van der Waals surface area contributed by atoms with Crippen LogP contribution in [-0.2, 0) is 35.2 Å². The lowest BCUT2D eigenvalue weighted by Gasteiger charge is -2.23. The number of hydrogen-bond donors (Lipinski definition) is 8. The second kappa shape index (κ2) is 13.5. The molecule has 4 unspecified atom stereocenters. The molecule has 0 aromatic carbocycles. The average Bonchev–Trinajstić information content (AvgIpc) is 3.26. The molecule has 34 heavy (non-hydrogen) atoms. The first-order valence-electron chi connectivity index (χ1n) is 10.2. The number of hydrogen-bond acceptors (Lipinski definition) is 8. The number of nitrogens with one attached hydrogen (secondary N) is 4. The Morgan fingerprint density at radius 2 is 1.50 bits per heavy atom. The van der Waals surface area contributed by atoms with Crippen molar-refractivity contribution in [1.29, 1.82) is 0 Å². The number of rotatable bonds is 15. The summed E-state index contributed by atoms with van der Waals surface area (Å²) in [7, 11) is 0. The number of amides is 3. The molecule has 0 aliphatic rings. The maximum Gasteiger partial charge on any atom is 0.326 e. The molecule has 1 aromatic rings. The molecular formula is C19H28N6O9. The minimum absolute atomic E-state index is 0.0900. The van der Waals surface area contributed by atoms with Gasteiger partial charge in [-0.15, -0.1) is 0 Å². The summed E-state index contributed by atoms with van der Waals surface area (Å²) in [6.07, 6.45) is 1.23. The molecule has 9 N–H and O–H groups in total. The van der Waals surface area contributed by atoms with Crippen molar-refractivity contribution in [2.75, 3.05) is 0 Å². The third-order valence-corrected chi connectivity index (χ3v) is 4.63. The van der Waals surface area contributed by atoms with E-state index in [4.69, 9.17) is 15.9 Å². The first-order chi connectivity index (χ1) is 15.9. The van der Waals surface area contributed by atoms with Gasteiger partial charge in [-0.25, -0.2) is 9.78 Å². The zero-order chi connectivity index (χ0) is 25.8. The predicted octanol–water partition coefficient (Wildman–Crippen LogP) is -2.43. The Hall–Kier alpha value is -4.01. The zero-order valence-corrected chi connectivity index (χ0v) is 18.3. The monoisotopic (exact) mass is 484 g/mol. The van der Waals surface area contributed by atoms with Gasteiger partial charge in [-0.05, 0) is 19.8 Å². The fourth-order valence-electron chi connectivity index (χ4n) is 2.72. The van der Waals surface area contributed by atoms with Crippen LogP contribution < -0.4 is 21.7 Å². The summed E-state index contributed by atoms with van der Waals surface area (Å²) in [4.78, 5) is 76.7. The van der Waals surface area contributed by atoms with Gasteiger partial charge in [0.05, 0.1) is 12.4 Å². The van der Waals surface area contributed by atoms with Crippen LogP contribution in [0.15, 0.2) is 12.5 Å². The maximum atomic E-state index is 12.6. The lowest BCUT2D eigenvalue weighted by Crippen LogP contribution is -2.56. The number of aromatic nitrogens is 2. The Kier molecular flexibility index (Phi) is 11.1. The molecule has 0 saturated heterocycles. The van der Waals surface area contributed by atoms with E-state index in [1.54, 1.807) is 0 Å². The van der Waals surface area contributed by atoms with E-state index < -0.39 is 66.2 Å². The van der Waals surface area contributed by atoms with Gasteiger partial charge >= 0.3 is 17.9 Å². The largest absolute Gasteiger partial charge is 0.481 e. The number of carbonyl (C=O) groups excluding carboxylic acids is 3. The number of aliphatic carboxylic acids is 3. The van der Waals surface area contributed by atoms with Gasteiger partial charge in [0.2, 0.25) is 17.7 Å². The topological polar surface area (TPSA) is 254 Å². The number of carbonyl (C=O) groups is 6. The molecule has 1 rings (SSSR count). The minimum Gasteiger partial charge on any atom is -0.481 e. The Morgan fingerprint density at radius 1 is 0.912 bits per heavy atom. The second-order valence-corrected chi connectivity index (χ2v) is 7.44. The van der Waals surface area contributed by atoms with Gasteiger partial charge in [0.25, 0.3) is 0 Å². The molecular weight excluding hydrogens is 456 g/mol. The molecule has 15 heteroatoms. The quantitative estimate of drug-likeness (QED) is 0.130. The number of imidazole rings is 1. The molecule has 3 amide bonds. The van der Waals surface area contributed by atoms with E-state index in [-0.39, 0.29) is 25.7 Å². The summed E-state index contributed by atoms with van der Waals surface area (Å²) >= 11 is 0. The molecule has 1 aromatic heterocycles. The van der Waals surface area contributed by atoms with Crippen molar-refractivity contribution in [2.45, 2.75) is 63.2 Å². The third kappa shape index (κ3) is 10.1. The summed E-state index contributed by atoms with van der Waals surface area (Å²) < 4.78 is 0. The average molecular weight is 484 g/mol. The molecule has 0 radical (unpaired) electrons. The van der Waals surface area contributed by atoms with Crippen LogP contribution >= 0.6 is 0 Å². The Morgan fingerprint density at radius 3 is 2.03 bits per heavy atom. The first-order valence-corrected chi connectivity index (χ1v) is 10.2. The van der Waals surface area contributed by atoms with Gasteiger partial charge < -0.3 is 42.0 Å². The van der Waals surface area contributed by atoms with Crippen LogP contribution in [0.3, 0.4) is 0 Å². The van der Waals surface area contributed by atoms with Crippen LogP contribution in [0.1, 0.15) is 38.3 Å². The van der Waals surface area contributed by atoms with Crippen LogP contribution in [0, 0.1) is 0 Å². The highest BCUT2D eigenvalue weighted by Crippen LogP contribution is 2.03. The fraction of sp³-hybridized carbons (Fsp3) is 0.526. The van der Waals surface area contributed by atoms with E-state index in [0.717, 1.165) is 0 Å². The summed E-state index contributed by atoms with van der Waals surface area (Å²) in [6.45, 7) is 1.27. The molecule has 0 fully saturated rings. The zero-order valence-electron chi connectivity index (χ0n) is 18.3. The highest BCUT2D eigenvalue weighted by molar-refractivity contribution is 5.94. The van der Waals surface area contributed by atoms with Crippen molar-refractivity contribution in [2.24, 2.45) is 5.73 Å². The SMILES string of the molecule is CC(NC(=O)C(CCC(=O)O)NC(=O)C(N)CCC(=O)O)C(=O)NC(Cc1cnc[nH]1)C(=O)O. The normalized spacial score (nSPS) is 14.2. The highest BCUT2D eigenvalue weighted by Gasteiger charge is 2.29. The Labute approximate surface area is 193 Å². The number of carboxylic acid groups (broad SMARTS) is 3. The van der Waals surface area contributed by atoms with Crippen molar-refractivity contribution in [3.8, 4) is 0 Å². The van der Waals surface area contributed by atoms with Crippen LogP contribution in [0.2, 0.25) is 0 Å². The van der Waals surface area contributed by atoms with Crippen LogP contribution in [-0.4, -0.2) is 85.1 Å². The molecule has 0 spiro atoms. The molecule has 188 valence electrons. The van der Waals surface area contributed by atoms with Gasteiger partial charge in [0, 0.05) is 31.2 Å². The molecule has 15 nitrogen and oxygen atoms in total. The summed E-state index contributed by atoms with van der Waals surface area (Å²) in [5.41, 5.74) is 6.07. The second-order valence-electron chi connectivity index (χ2n) is 7.44. The van der Waals surface area contributed by atoms with Crippen molar-refractivity contribution < 1.29 is 44.1 Å². The maximum absolute atomic E-state index is 12.6. The van der Waals surface area contributed by atoms with E-state index >= 15 is 0 Å². The van der Waals surface area contributed by atoms with E-state index in [0.29, 0.717) is 5.69 Å². The highest BCUT2D eigenvalue weighted by atomic mass is 16.4. The minimum atomic E-state index is -1.38. The molecule has 4 atom stereocenters. The fourth-order valence-corrected chi connectivity index (χ4v) is 2.72. The number of carboxylic acids is 3. The third-order valence-electron chi connectivity index (χ3n) is 4.63. The van der Waals surface area contributed by atoms with E-state index in [9.17, 15) is 33.9 Å². The number of nitrogens with zero attached hydrogens (tertiary/aromatic N) is 1. The van der Waals surface area contributed by atoms with Crippen molar-refractivity contribution in [1.82, 2.24) is 25.9 Å². The standard InChI is InChI=1S/C19H28N6O9/c1-9(16(30)25-13(19(33)34)6-10-7-21-8-22-10)23-18(32)12(3-5-15(28)29)24-17(31)11(20)2-4-14(26)27/h7-9,11-13H,2-6,20H2,1H3,(H,21,22)(H,23,32)(H,24,31)(H,25,30)(H,26,27)(H,28,29)(H,33,34). The summed E-state index contributed by atoms with van der Waals surface area (Å²) in [6, 6.07) is -5.19. The van der Waals surface area contributed by atoms with Gasteiger partial charge in [-0.3, -0.25) is 24.0 Å². The van der Waals surface area contributed by atoms with E-state index in [1.807, 2.05) is 0 Å². The van der Waals surface area contributed by atoms with E-state index in [2.05, 4.69) is 25.9 Å². The lowest BCUT2D eigenvalue weighted by atomic mass is 10.1. The van der Waals surface area contributed by atoms with Gasteiger partial charge in [-0.2, -0.15) is 0 Å². The van der Waals surface area contributed by atoms with Gasteiger partial charge in [-0.1, -0.05) is 0 Å². The first kappa shape index (κ1) is 28.0. The van der Waals surface area contributed by atoms with Gasteiger partial charge in [0.15, 0.2) is 0 Å². The van der Waals surface area contributed by atoms with Crippen LogP contribution in [0.4, 0.5) is 0 Å². The van der Waals surface area contributed by atoms with Crippen LogP contribution in [0.25, 0.3) is 0 Å².